The van der Waals surface area contributed by atoms with Gasteiger partial charge in [0.2, 0.25) is 5.91 Å². The van der Waals surface area contributed by atoms with Crippen molar-refractivity contribution in [1.82, 2.24) is 0 Å². The van der Waals surface area contributed by atoms with Gasteiger partial charge in [0.15, 0.2) is 0 Å². The monoisotopic (exact) mass is 482 g/mol. The SMILES string of the molecule is COc1ccc(N2C(=O)CS[C@H]2c2ccc(NC(=O)c3cccc(Br)c3)cc2)cc1. The molecule has 1 N–H and O–H groups in total. The molecule has 0 spiro atoms. The number of carbonyl (C=O) groups is 2. The Morgan fingerprint density at radius 1 is 1.10 bits per heavy atom. The minimum absolute atomic E-state index is 0.0715. The number of hydrogen-bond acceptors (Lipinski definition) is 4. The number of nitrogens with one attached hydrogen (secondary N) is 1. The van der Waals surface area contributed by atoms with E-state index in [0.29, 0.717) is 17.0 Å². The smallest absolute Gasteiger partial charge is 0.255 e. The predicted octanol–water partition coefficient (Wildman–Crippen LogP) is 5.49. The molecule has 1 fully saturated rings. The van der Waals surface area contributed by atoms with Crippen molar-refractivity contribution in [3.63, 3.8) is 0 Å². The van der Waals surface area contributed by atoms with Gasteiger partial charge >= 0.3 is 0 Å². The second kappa shape index (κ2) is 8.93. The lowest BCUT2D eigenvalue weighted by Crippen LogP contribution is -2.27. The lowest BCUT2D eigenvalue weighted by Gasteiger charge is -2.24. The number of hydrogen-bond donors (Lipinski definition) is 1. The number of ether oxygens (including phenoxy) is 1. The number of benzene rings is 3. The maximum atomic E-state index is 12.5. The van der Waals surface area contributed by atoms with E-state index < -0.39 is 0 Å². The van der Waals surface area contributed by atoms with E-state index in [1.165, 1.54) is 0 Å². The third-order valence-electron chi connectivity index (χ3n) is 4.76. The summed E-state index contributed by atoms with van der Waals surface area (Å²) in [5.74, 6) is 1.08. The van der Waals surface area contributed by atoms with E-state index in [0.717, 1.165) is 21.5 Å². The number of methoxy groups -OCH3 is 1. The first-order valence-corrected chi connectivity index (χ1v) is 11.1. The van der Waals surface area contributed by atoms with Gasteiger partial charge in [0.25, 0.3) is 5.91 Å². The molecule has 7 heteroatoms. The summed E-state index contributed by atoms with van der Waals surface area (Å²) in [6.07, 6.45) is 0. The van der Waals surface area contributed by atoms with Gasteiger partial charge in [-0.15, -0.1) is 11.8 Å². The molecule has 4 rings (SSSR count). The molecule has 1 atom stereocenters. The van der Waals surface area contributed by atoms with Crippen LogP contribution in [-0.2, 0) is 4.79 Å². The van der Waals surface area contributed by atoms with Gasteiger partial charge in [-0.3, -0.25) is 14.5 Å². The molecule has 2 amide bonds. The summed E-state index contributed by atoms with van der Waals surface area (Å²) in [5, 5.41) is 2.80. The van der Waals surface area contributed by atoms with Gasteiger partial charge < -0.3 is 10.1 Å². The molecule has 3 aromatic rings. The minimum atomic E-state index is -0.172. The summed E-state index contributed by atoms with van der Waals surface area (Å²) < 4.78 is 6.06. The molecular formula is C23H19BrN2O3S. The Labute approximate surface area is 187 Å². The van der Waals surface area contributed by atoms with Crippen molar-refractivity contribution in [2.45, 2.75) is 5.37 Å². The zero-order chi connectivity index (χ0) is 21.1. The summed E-state index contributed by atoms with van der Waals surface area (Å²) in [5.41, 5.74) is 3.12. The Hall–Kier alpha value is -2.77. The quantitative estimate of drug-likeness (QED) is 0.522. The van der Waals surface area contributed by atoms with Crippen molar-refractivity contribution in [3.8, 4) is 5.75 Å². The van der Waals surface area contributed by atoms with Gasteiger partial charge in [0.1, 0.15) is 11.1 Å². The molecule has 1 aliphatic heterocycles. The molecule has 3 aromatic carbocycles. The molecule has 0 aliphatic carbocycles. The molecule has 0 aromatic heterocycles. The van der Waals surface area contributed by atoms with Crippen molar-refractivity contribution in [3.05, 3.63) is 88.4 Å². The van der Waals surface area contributed by atoms with Crippen LogP contribution in [0.2, 0.25) is 0 Å². The normalized spacial score (nSPS) is 15.9. The maximum Gasteiger partial charge on any atom is 0.255 e. The molecule has 1 aliphatic rings. The van der Waals surface area contributed by atoms with Crippen LogP contribution in [0, 0.1) is 0 Å². The zero-order valence-electron chi connectivity index (χ0n) is 16.2. The van der Waals surface area contributed by atoms with Gasteiger partial charge in [0, 0.05) is 21.4 Å². The zero-order valence-corrected chi connectivity index (χ0v) is 18.6. The fourth-order valence-corrected chi connectivity index (χ4v) is 4.83. The Bertz CT molecular complexity index is 1070. The summed E-state index contributed by atoms with van der Waals surface area (Å²) in [4.78, 5) is 26.8. The minimum Gasteiger partial charge on any atom is -0.497 e. The summed E-state index contributed by atoms with van der Waals surface area (Å²) in [6, 6.07) is 22.3. The van der Waals surface area contributed by atoms with Crippen molar-refractivity contribution in [2.75, 3.05) is 23.1 Å². The lowest BCUT2D eigenvalue weighted by molar-refractivity contribution is -0.115. The molecule has 1 saturated heterocycles. The predicted molar refractivity (Wildman–Crippen MR) is 124 cm³/mol. The number of anilines is 2. The van der Waals surface area contributed by atoms with Crippen LogP contribution in [0.15, 0.2) is 77.3 Å². The van der Waals surface area contributed by atoms with E-state index in [1.807, 2.05) is 60.7 Å². The first kappa shape index (κ1) is 20.5. The van der Waals surface area contributed by atoms with E-state index in [4.69, 9.17) is 4.74 Å². The maximum absolute atomic E-state index is 12.5. The van der Waals surface area contributed by atoms with Gasteiger partial charge in [-0.25, -0.2) is 0 Å². The van der Waals surface area contributed by atoms with Gasteiger partial charge in [-0.05, 0) is 60.2 Å². The second-order valence-electron chi connectivity index (χ2n) is 6.71. The number of nitrogens with zero attached hydrogens (tertiary/aromatic N) is 1. The van der Waals surface area contributed by atoms with Crippen LogP contribution in [0.5, 0.6) is 5.75 Å². The van der Waals surface area contributed by atoms with Gasteiger partial charge in [-0.1, -0.05) is 34.1 Å². The summed E-state index contributed by atoms with van der Waals surface area (Å²) in [7, 11) is 1.62. The Morgan fingerprint density at radius 3 is 2.50 bits per heavy atom. The van der Waals surface area contributed by atoms with E-state index >= 15 is 0 Å². The first-order valence-electron chi connectivity index (χ1n) is 9.30. The molecule has 0 bridgehead atoms. The number of amides is 2. The fourth-order valence-electron chi connectivity index (χ4n) is 3.26. The second-order valence-corrected chi connectivity index (χ2v) is 8.70. The molecule has 0 saturated carbocycles. The van der Waals surface area contributed by atoms with Crippen LogP contribution >= 0.6 is 27.7 Å². The van der Waals surface area contributed by atoms with Gasteiger partial charge in [0.05, 0.1) is 12.9 Å². The van der Waals surface area contributed by atoms with E-state index in [2.05, 4.69) is 21.2 Å². The summed E-state index contributed by atoms with van der Waals surface area (Å²) >= 11 is 4.97. The van der Waals surface area contributed by atoms with E-state index in [-0.39, 0.29) is 17.2 Å². The average molecular weight is 483 g/mol. The van der Waals surface area contributed by atoms with Crippen LogP contribution < -0.4 is 15.0 Å². The third-order valence-corrected chi connectivity index (χ3v) is 6.46. The highest BCUT2D eigenvalue weighted by molar-refractivity contribution is 9.10. The molecule has 5 nitrogen and oxygen atoms in total. The number of halogens is 1. The largest absolute Gasteiger partial charge is 0.497 e. The summed E-state index contributed by atoms with van der Waals surface area (Å²) in [6.45, 7) is 0. The van der Waals surface area contributed by atoms with E-state index in [9.17, 15) is 9.59 Å². The Kier molecular flexibility index (Phi) is 6.11. The average Bonchev–Trinajstić information content (AvgIpc) is 3.15. The standard InChI is InChI=1S/C23H19BrN2O3S/c1-29-20-11-9-19(10-12-20)26-21(27)14-30-23(26)15-5-7-18(8-6-15)25-22(28)16-3-2-4-17(24)13-16/h2-13,23H,14H2,1H3,(H,25,28)/t23-/m0/s1. The highest BCUT2D eigenvalue weighted by atomic mass is 79.9. The number of carbonyl (C=O) groups excluding carboxylic acids is 2. The highest BCUT2D eigenvalue weighted by Crippen LogP contribution is 2.42. The van der Waals surface area contributed by atoms with Gasteiger partial charge in [-0.2, -0.15) is 0 Å². The van der Waals surface area contributed by atoms with Crippen LogP contribution in [0.25, 0.3) is 0 Å². The first-order chi connectivity index (χ1) is 14.5. The molecule has 0 unspecified atom stereocenters. The van der Waals surface area contributed by atoms with Crippen molar-refractivity contribution < 1.29 is 14.3 Å². The molecule has 0 radical (unpaired) electrons. The van der Waals surface area contributed by atoms with Crippen molar-refractivity contribution in [1.29, 1.82) is 0 Å². The fraction of sp³-hybridized carbons (Fsp3) is 0.130. The number of thioether (sulfide) groups is 1. The van der Waals surface area contributed by atoms with Crippen LogP contribution in [0.3, 0.4) is 0 Å². The molecule has 152 valence electrons. The van der Waals surface area contributed by atoms with Crippen LogP contribution in [0.4, 0.5) is 11.4 Å². The molecule has 1 heterocycles. The number of rotatable bonds is 5. The van der Waals surface area contributed by atoms with Crippen molar-refractivity contribution in [2.24, 2.45) is 0 Å². The van der Waals surface area contributed by atoms with Crippen LogP contribution in [0.1, 0.15) is 21.3 Å². The third kappa shape index (κ3) is 4.37. The Morgan fingerprint density at radius 2 is 1.83 bits per heavy atom. The topological polar surface area (TPSA) is 58.6 Å². The molecular weight excluding hydrogens is 464 g/mol. The Balaban J connectivity index is 1.51. The van der Waals surface area contributed by atoms with Crippen molar-refractivity contribution >= 4 is 50.9 Å². The molecule has 30 heavy (non-hydrogen) atoms. The van der Waals surface area contributed by atoms with Crippen LogP contribution in [-0.4, -0.2) is 24.7 Å². The van der Waals surface area contributed by atoms with E-state index in [1.54, 1.807) is 35.9 Å². The lowest BCUT2D eigenvalue weighted by atomic mass is 10.1. The highest BCUT2D eigenvalue weighted by Gasteiger charge is 2.34.